The van der Waals surface area contributed by atoms with Crippen LogP contribution in [0.4, 0.5) is 0 Å². The van der Waals surface area contributed by atoms with Gasteiger partial charge >= 0.3 is 5.97 Å². The lowest BCUT2D eigenvalue weighted by Gasteiger charge is -2.16. The Balaban J connectivity index is 1.50. The van der Waals surface area contributed by atoms with E-state index in [1.165, 1.54) is 0 Å². The second kappa shape index (κ2) is 7.39. The molecule has 27 heavy (non-hydrogen) atoms. The van der Waals surface area contributed by atoms with E-state index in [9.17, 15) is 4.79 Å². The molecular weight excluding hydrogens is 348 g/mol. The zero-order valence-corrected chi connectivity index (χ0v) is 15.4. The number of ether oxygens (including phenoxy) is 5. The molecule has 2 aliphatic heterocycles. The van der Waals surface area contributed by atoms with Gasteiger partial charge in [-0.25, -0.2) is 0 Å². The quantitative estimate of drug-likeness (QED) is 0.729. The number of hydrogen-bond donors (Lipinski definition) is 0. The maximum atomic E-state index is 12.3. The summed E-state index contributed by atoms with van der Waals surface area (Å²) in [5.41, 5.74) is 2.13. The zero-order chi connectivity index (χ0) is 18.8. The van der Waals surface area contributed by atoms with E-state index >= 15 is 0 Å². The van der Waals surface area contributed by atoms with E-state index in [1.54, 1.807) is 14.2 Å². The third-order valence-electron chi connectivity index (χ3n) is 5.15. The maximum absolute atomic E-state index is 12.3. The molecule has 1 saturated heterocycles. The predicted molar refractivity (Wildman–Crippen MR) is 97.5 cm³/mol. The largest absolute Gasteiger partial charge is 0.493 e. The summed E-state index contributed by atoms with van der Waals surface area (Å²) in [6.45, 7) is 0.691. The Morgan fingerprint density at radius 3 is 2.44 bits per heavy atom. The van der Waals surface area contributed by atoms with E-state index in [4.69, 9.17) is 23.7 Å². The van der Waals surface area contributed by atoms with Gasteiger partial charge in [-0.1, -0.05) is 12.1 Å². The Morgan fingerprint density at radius 2 is 1.63 bits per heavy atom. The van der Waals surface area contributed by atoms with Gasteiger partial charge in [0.15, 0.2) is 23.0 Å². The fourth-order valence-electron chi connectivity index (χ4n) is 3.69. The van der Waals surface area contributed by atoms with Gasteiger partial charge in [0.2, 0.25) is 6.79 Å². The van der Waals surface area contributed by atoms with Crippen LogP contribution >= 0.6 is 0 Å². The number of carbonyl (C=O) groups is 1. The summed E-state index contributed by atoms with van der Waals surface area (Å²) in [5.74, 6) is 2.64. The molecule has 0 amide bonds. The average Bonchev–Trinajstić information content (AvgIpc) is 3.29. The molecule has 1 fully saturated rings. The van der Waals surface area contributed by atoms with Gasteiger partial charge in [-0.15, -0.1) is 0 Å². The van der Waals surface area contributed by atoms with Crippen LogP contribution in [0, 0.1) is 11.8 Å². The number of methoxy groups -OCH3 is 2. The van der Waals surface area contributed by atoms with Gasteiger partial charge in [-0.2, -0.15) is 0 Å². The van der Waals surface area contributed by atoms with Crippen molar-refractivity contribution in [1.82, 2.24) is 0 Å². The molecule has 2 aromatic rings. The van der Waals surface area contributed by atoms with Crippen LogP contribution in [0.15, 0.2) is 36.4 Å². The molecule has 6 nitrogen and oxygen atoms in total. The monoisotopic (exact) mass is 370 g/mol. The summed E-state index contributed by atoms with van der Waals surface area (Å²) in [6.07, 6.45) is 1.36. The van der Waals surface area contributed by atoms with Crippen molar-refractivity contribution >= 4 is 5.97 Å². The molecule has 0 unspecified atom stereocenters. The van der Waals surface area contributed by atoms with Gasteiger partial charge in [-0.3, -0.25) is 4.79 Å². The molecule has 0 spiro atoms. The Morgan fingerprint density at radius 1 is 0.889 bits per heavy atom. The van der Waals surface area contributed by atoms with Gasteiger partial charge in [0.25, 0.3) is 0 Å². The van der Waals surface area contributed by atoms with Gasteiger partial charge in [0.1, 0.15) is 0 Å². The lowest BCUT2D eigenvalue weighted by atomic mass is 9.85. The number of benzene rings is 2. The van der Waals surface area contributed by atoms with Crippen molar-refractivity contribution in [2.75, 3.05) is 27.6 Å². The smallest absolute Gasteiger partial charge is 0.309 e. The van der Waals surface area contributed by atoms with Crippen LogP contribution < -0.4 is 18.9 Å². The second-order valence-electron chi connectivity index (χ2n) is 6.78. The van der Waals surface area contributed by atoms with Crippen molar-refractivity contribution in [3.05, 3.63) is 47.5 Å². The van der Waals surface area contributed by atoms with E-state index in [1.807, 2.05) is 36.4 Å². The summed E-state index contributed by atoms with van der Waals surface area (Å²) < 4.78 is 26.8. The van der Waals surface area contributed by atoms with Crippen LogP contribution in [0.2, 0.25) is 0 Å². The molecule has 0 aromatic heterocycles. The van der Waals surface area contributed by atoms with Crippen molar-refractivity contribution in [3.63, 3.8) is 0 Å². The zero-order valence-electron chi connectivity index (χ0n) is 15.4. The minimum atomic E-state index is -0.187. The highest BCUT2D eigenvalue weighted by molar-refractivity contribution is 5.75. The highest BCUT2D eigenvalue weighted by Gasteiger charge is 2.37. The first-order valence-corrected chi connectivity index (χ1v) is 8.94. The number of cyclic esters (lactones) is 1. The van der Waals surface area contributed by atoms with E-state index in [0.717, 1.165) is 29.0 Å². The first kappa shape index (κ1) is 17.5. The van der Waals surface area contributed by atoms with E-state index < -0.39 is 0 Å². The van der Waals surface area contributed by atoms with Gasteiger partial charge in [-0.05, 0) is 48.2 Å². The van der Waals surface area contributed by atoms with Crippen LogP contribution in [0.25, 0.3) is 0 Å². The molecule has 2 heterocycles. The average molecular weight is 370 g/mol. The van der Waals surface area contributed by atoms with Crippen LogP contribution in [-0.2, 0) is 22.4 Å². The molecule has 0 radical (unpaired) electrons. The van der Waals surface area contributed by atoms with Crippen LogP contribution in [0.1, 0.15) is 11.1 Å². The molecule has 2 aromatic carbocycles. The molecular formula is C21H22O6. The Kier molecular flexibility index (Phi) is 4.79. The first-order valence-electron chi connectivity index (χ1n) is 8.94. The molecule has 4 rings (SSSR count). The molecule has 2 aliphatic rings. The Hall–Kier alpha value is -2.89. The number of esters is 1. The molecule has 0 N–H and O–H groups in total. The number of fused-ring (bicyclic) bond motifs is 1. The Labute approximate surface area is 157 Å². The lowest BCUT2D eigenvalue weighted by Crippen LogP contribution is -2.20. The van der Waals surface area contributed by atoms with Gasteiger partial charge in [0.05, 0.1) is 26.7 Å². The molecule has 0 bridgehead atoms. The molecule has 6 heteroatoms. The van der Waals surface area contributed by atoms with Crippen molar-refractivity contribution in [1.29, 1.82) is 0 Å². The summed E-state index contributed by atoms with van der Waals surface area (Å²) >= 11 is 0. The van der Waals surface area contributed by atoms with Crippen LogP contribution in [-0.4, -0.2) is 33.6 Å². The third-order valence-corrected chi connectivity index (χ3v) is 5.15. The molecule has 142 valence electrons. The summed E-state index contributed by atoms with van der Waals surface area (Å²) in [5, 5.41) is 0. The number of rotatable bonds is 6. The highest BCUT2D eigenvalue weighted by Crippen LogP contribution is 2.36. The van der Waals surface area contributed by atoms with Crippen molar-refractivity contribution in [2.24, 2.45) is 11.8 Å². The van der Waals surface area contributed by atoms with Crippen molar-refractivity contribution in [3.8, 4) is 23.0 Å². The van der Waals surface area contributed by atoms with Gasteiger partial charge in [0, 0.05) is 5.92 Å². The minimum Gasteiger partial charge on any atom is -0.493 e. The van der Waals surface area contributed by atoms with Crippen molar-refractivity contribution < 1.29 is 28.5 Å². The predicted octanol–water partition coefficient (Wildman–Crippen LogP) is 3.01. The summed E-state index contributed by atoms with van der Waals surface area (Å²) in [6, 6.07) is 11.7. The van der Waals surface area contributed by atoms with Gasteiger partial charge < -0.3 is 23.7 Å². The fourth-order valence-corrected chi connectivity index (χ4v) is 3.69. The van der Waals surface area contributed by atoms with Crippen LogP contribution in [0.3, 0.4) is 0 Å². The maximum Gasteiger partial charge on any atom is 0.309 e. The summed E-state index contributed by atoms with van der Waals surface area (Å²) in [4.78, 5) is 12.3. The molecule has 0 saturated carbocycles. The van der Waals surface area contributed by atoms with Crippen molar-refractivity contribution in [2.45, 2.75) is 12.8 Å². The summed E-state index contributed by atoms with van der Waals surface area (Å²) in [7, 11) is 3.21. The first-order chi connectivity index (χ1) is 13.2. The van der Waals surface area contributed by atoms with Crippen LogP contribution in [0.5, 0.6) is 23.0 Å². The standard InChI is InChI=1S/C21H22O6/c1-23-17-5-3-14(9-19(17)24-2)8-16-15(11-25-21(16)22)7-13-4-6-18-20(10-13)27-12-26-18/h3-6,9-10,15-16H,7-8,11-12H2,1-2H3/t15-,16-/m0/s1. The SMILES string of the molecule is COc1ccc(C[C@@H]2C(=O)OC[C@@H]2Cc2ccc3c(c2)OCO3)cc1OC. The Bertz CT molecular complexity index is 847. The van der Waals surface area contributed by atoms with E-state index in [0.29, 0.717) is 24.5 Å². The van der Waals surface area contributed by atoms with E-state index in [-0.39, 0.29) is 24.6 Å². The number of carbonyl (C=O) groups excluding carboxylic acids is 1. The molecule has 2 atom stereocenters. The lowest BCUT2D eigenvalue weighted by molar-refractivity contribution is -0.141. The normalized spacial score (nSPS) is 20.4. The molecule has 0 aliphatic carbocycles. The fraction of sp³-hybridized carbons (Fsp3) is 0.381. The number of hydrogen-bond acceptors (Lipinski definition) is 6. The topological polar surface area (TPSA) is 63.2 Å². The highest BCUT2D eigenvalue weighted by atomic mass is 16.7. The van der Waals surface area contributed by atoms with E-state index in [2.05, 4.69) is 0 Å². The third kappa shape index (κ3) is 3.52. The minimum absolute atomic E-state index is 0.117. The second-order valence-corrected chi connectivity index (χ2v) is 6.78.